The monoisotopic (exact) mass is 556 g/mol. The van der Waals surface area contributed by atoms with Crippen LogP contribution in [0.5, 0.6) is 0 Å². The highest BCUT2D eigenvalue weighted by Gasteiger charge is 2.34. The third kappa shape index (κ3) is 4.25. The number of nitrogens with zero attached hydrogens (tertiary/aromatic N) is 2. The van der Waals surface area contributed by atoms with Gasteiger partial charge < -0.3 is 9.47 Å². The summed E-state index contributed by atoms with van der Waals surface area (Å²) < 4.78 is 2.48. The first kappa shape index (κ1) is 26.8. The lowest BCUT2D eigenvalue weighted by atomic mass is 9.75. The number of hydrogen-bond acceptors (Lipinski definition) is 1. The van der Waals surface area contributed by atoms with Gasteiger partial charge in [0.2, 0.25) is 0 Å². The minimum absolute atomic E-state index is 0.0696. The lowest BCUT2D eigenvalue weighted by molar-refractivity contribution is 0.630. The molecule has 210 valence electrons. The molecule has 1 aromatic heterocycles. The van der Waals surface area contributed by atoms with Crippen molar-refractivity contribution in [3.8, 4) is 16.8 Å². The Morgan fingerprint density at radius 3 is 1.81 bits per heavy atom. The number of para-hydroxylation sites is 3. The van der Waals surface area contributed by atoms with Crippen molar-refractivity contribution < 1.29 is 0 Å². The lowest BCUT2D eigenvalue weighted by Gasteiger charge is -2.34. The van der Waals surface area contributed by atoms with E-state index in [4.69, 9.17) is 0 Å². The van der Waals surface area contributed by atoms with Gasteiger partial charge in [-0.15, -0.1) is 0 Å². The molecular weight excluding hydrogens is 520 g/mol. The van der Waals surface area contributed by atoms with Gasteiger partial charge in [-0.1, -0.05) is 125 Å². The van der Waals surface area contributed by atoms with Gasteiger partial charge in [-0.05, 0) is 70.8 Å². The first-order valence-corrected chi connectivity index (χ1v) is 15.3. The van der Waals surface area contributed by atoms with E-state index >= 15 is 0 Å². The predicted molar refractivity (Wildman–Crippen MR) is 184 cm³/mol. The van der Waals surface area contributed by atoms with E-state index in [1.807, 2.05) is 13.8 Å². The second kappa shape index (κ2) is 10.6. The zero-order chi connectivity index (χ0) is 29.6. The molecule has 0 amide bonds. The van der Waals surface area contributed by atoms with Crippen LogP contribution in [0.1, 0.15) is 38.8 Å². The first-order chi connectivity index (χ1) is 21.1. The Kier molecular flexibility index (Phi) is 6.63. The van der Waals surface area contributed by atoms with Crippen molar-refractivity contribution in [2.75, 3.05) is 4.90 Å². The van der Waals surface area contributed by atoms with Crippen molar-refractivity contribution in [3.63, 3.8) is 0 Å². The summed E-state index contributed by atoms with van der Waals surface area (Å²) in [4.78, 5) is 2.36. The molecule has 0 atom stereocenters. The Labute approximate surface area is 254 Å². The molecule has 2 heteroatoms. The molecule has 6 aromatic carbocycles. The Morgan fingerprint density at radius 1 is 0.488 bits per heavy atom. The Morgan fingerprint density at radius 2 is 1.07 bits per heavy atom. The molecule has 0 aliphatic carbocycles. The summed E-state index contributed by atoms with van der Waals surface area (Å²) in [5, 5.41) is 2.57. The third-order valence-electron chi connectivity index (χ3n) is 8.77. The van der Waals surface area contributed by atoms with Gasteiger partial charge in [0, 0.05) is 33.2 Å². The summed E-state index contributed by atoms with van der Waals surface area (Å²) in [6.45, 7) is 8.70. The highest BCUT2D eigenvalue weighted by molar-refractivity contribution is 6.12. The van der Waals surface area contributed by atoms with Crippen molar-refractivity contribution in [2.24, 2.45) is 0 Å². The standard InChI is InChI=1S/C39H30N2.C2H6/c1-39(2)34-17-9-10-19-37(34)41-36-25-24-31(26-33(36)32-16-11-18-35(39)38(32)41)40(29-14-7-4-8-15-29)30-22-20-28(21-23-30)27-12-5-3-6-13-27;1-2/h3-26H,1-2H3;1-2H3. The minimum Gasteiger partial charge on any atom is -0.310 e. The molecule has 0 saturated carbocycles. The van der Waals surface area contributed by atoms with E-state index in [1.54, 1.807) is 0 Å². The summed E-state index contributed by atoms with van der Waals surface area (Å²) in [6, 6.07) is 52.8. The zero-order valence-corrected chi connectivity index (χ0v) is 25.3. The second-order valence-corrected chi connectivity index (χ2v) is 11.5. The molecule has 0 N–H and O–H groups in total. The van der Waals surface area contributed by atoms with Crippen LogP contribution in [0.3, 0.4) is 0 Å². The van der Waals surface area contributed by atoms with Crippen LogP contribution in [-0.2, 0) is 5.41 Å². The van der Waals surface area contributed by atoms with Crippen LogP contribution < -0.4 is 4.90 Å². The molecule has 1 aliphatic rings. The lowest BCUT2D eigenvalue weighted by Crippen LogP contribution is -2.26. The molecule has 0 unspecified atom stereocenters. The quantitative estimate of drug-likeness (QED) is 0.209. The molecule has 0 saturated heterocycles. The summed E-state index contributed by atoms with van der Waals surface area (Å²) in [5.74, 6) is 0. The summed E-state index contributed by atoms with van der Waals surface area (Å²) in [6.07, 6.45) is 0. The average Bonchev–Trinajstić information content (AvgIpc) is 3.40. The molecular formula is C41H36N2. The Bertz CT molecular complexity index is 2050. The third-order valence-corrected chi connectivity index (χ3v) is 8.77. The molecule has 43 heavy (non-hydrogen) atoms. The maximum atomic E-state index is 2.48. The molecule has 2 heterocycles. The highest BCUT2D eigenvalue weighted by atomic mass is 15.1. The second-order valence-electron chi connectivity index (χ2n) is 11.5. The minimum atomic E-state index is -0.0696. The van der Waals surface area contributed by atoms with E-state index < -0.39 is 0 Å². The van der Waals surface area contributed by atoms with Crippen molar-refractivity contribution in [3.05, 3.63) is 157 Å². The number of fused-ring (bicyclic) bond motifs is 5. The first-order valence-electron chi connectivity index (χ1n) is 15.3. The summed E-state index contributed by atoms with van der Waals surface area (Å²) >= 11 is 0. The van der Waals surface area contributed by atoms with Gasteiger partial charge in [0.25, 0.3) is 0 Å². The fourth-order valence-corrected chi connectivity index (χ4v) is 6.75. The maximum Gasteiger partial charge on any atom is 0.0582 e. The normalized spacial score (nSPS) is 12.8. The fourth-order valence-electron chi connectivity index (χ4n) is 6.75. The number of anilines is 3. The van der Waals surface area contributed by atoms with Crippen LogP contribution in [0.4, 0.5) is 17.1 Å². The van der Waals surface area contributed by atoms with Crippen LogP contribution in [0.25, 0.3) is 38.6 Å². The molecule has 7 aromatic rings. The van der Waals surface area contributed by atoms with Crippen molar-refractivity contribution in [1.82, 2.24) is 4.57 Å². The van der Waals surface area contributed by atoms with E-state index in [-0.39, 0.29) is 5.41 Å². The number of hydrogen-bond donors (Lipinski definition) is 0. The van der Waals surface area contributed by atoms with E-state index in [2.05, 4.69) is 169 Å². The van der Waals surface area contributed by atoms with Crippen LogP contribution in [-0.4, -0.2) is 4.57 Å². The van der Waals surface area contributed by atoms with Gasteiger partial charge in [-0.2, -0.15) is 0 Å². The topological polar surface area (TPSA) is 8.17 Å². The molecule has 2 nitrogen and oxygen atoms in total. The maximum absolute atomic E-state index is 2.48. The summed E-state index contributed by atoms with van der Waals surface area (Å²) in [7, 11) is 0. The predicted octanol–water partition coefficient (Wildman–Crippen LogP) is 11.6. The van der Waals surface area contributed by atoms with Gasteiger partial charge >= 0.3 is 0 Å². The number of aromatic nitrogens is 1. The molecule has 0 fully saturated rings. The van der Waals surface area contributed by atoms with Gasteiger partial charge in [-0.3, -0.25) is 0 Å². The van der Waals surface area contributed by atoms with Gasteiger partial charge in [0.1, 0.15) is 0 Å². The Hall–Kier alpha value is -5.08. The van der Waals surface area contributed by atoms with Crippen molar-refractivity contribution >= 4 is 38.9 Å². The SMILES string of the molecule is CC.CC1(C)c2ccccc2-n2c3ccc(N(c4ccccc4)c4ccc(-c5ccccc5)cc4)cc3c3cccc1c32. The van der Waals surface area contributed by atoms with Gasteiger partial charge in [-0.25, -0.2) is 0 Å². The Balaban J connectivity index is 0.00000147. The largest absolute Gasteiger partial charge is 0.310 e. The van der Waals surface area contributed by atoms with Gasteiger partial charge in [0.05, 0.1) is 16.7 Å². The molecule has 1 aliphatic heterocycles. The van der Waals surface area contributed by atoms with Crippen LogP contribution in [0, 0.1) is 0 Å². The van der Waals surface area contributed by atoms with Crippen LogP contribution in [0.2, 0.25) is 0 Å². The van der Waals surface area contributed by atoms with Crippen molar-refractivity contribution in [1.29, 1.82) is 0 Å². The highest BCUT2D eigenvalue weighted by Crippen LogP contribution is 2.48. The molecule has 0 bridgehead atoms. The van der Waals surface area contributed by atoms with E-state index in [0.717, 1.165) is 17.1 Å². The van der Waals surface area contributed by atoms with E-state index in [0.29, 0.717) is 0 Å². The number of rotatable bonds is 4. The van der Waals surface area contributed by atoms with Crippen LogP contribution >= 0.6 is 0 Å². The van der Waals surface area contributed by atoms with Crippen molar-refractivity contribution in [2.45, 2.75) is 33.1 Å². The molecule has 0 spiro atoms. The van der Waals surface area contributed by atoms with E-state index in [1.165, 1.54) is 49.7 Å². The molecule has 8 rings (SSSR count). The fraction of sp³-hybridized carbons (Fsp3) is 0.122. The smallest absolute Gasteiger partial charge is 0.0582 e. The van der Waals surface area contributed by atoms with Crippen LogP contribution in [0.15, 0.2) is 146 Å². The molecule has 0 radical (unpaired) electrons. The number of benzene rings is 6. The average molecular weight is 557 g/mol. The zero-order valence-electron chi connectivity index (χ0n) is 25.3. The van der Waals surface area contributed by atoms with E-state index in [9.17, 15) is 0 Å². The van der Waals surface area contributed by atoms with Gasteiger partial charge in [0.15, 0.2) is 0 Å². The summed E-state index contributed by atoms with van der Waals surface area (Å²) in [5.41, 5.74) is 12.4.